The molecule has 3 fully saturated rings. The number of hydrogen-bond acceptors (Lipinski definition) is 3. The monoisotopic (exact) mass is 412 g/mol. The lowest BCUT2D eigenvalue weighted by Gasteiger charge is -2.43. The first-order chi connectivity index (χ1) is 14.6. The van der Waals surface area contributed by atoms with E-state index < -0.39 is 0 Å². The highest BCUT2D eigenvalue weighted by molar-refractivity contribution is 5.45. The molecule has 1 aromatic rings. The number of piperidine rings is 1. The topological polar surface area (TPSA) is 24.5 Å². The highest BCUT2D eigenvalue weighted by atomic mass is 16.5. The Kier molecular flexibility index (Phi) is 7.75. The Bertz CT molecular complexity index is 621. The summed E-state index contributed by atoms with van der Waals surface area (Å²) in [6, 6.07) is 9.50. The second kappa shape index (κ2) is 10.5. The van der Waals surface area contributed by atoms with E-state index in [1.807, 2.05) is 0 Å². The van der Waals surface area contributed by atoms with Crippen LogP contribution in [0.2, 0.25) is 0 Å². The van der Waals surface area contributed by atoms with Crippen molar-refractivity contribution in [3.63, 3.8) is 0 Å². The number of nitrogens with zero attached hydrogens (tertiary/aromatic N) is 1. The number of hydrogen-bond donors (Lipinski definition) is 1. The second-order valence-corrected chi connectivity index (χ2v) is 10.7. The number of aryl methyl sites for hydroxylation is 1. The third kappa shape index (κ3) is 6.23. The molecule has 4 rings (SSSR count). The van der Waals surface area contributed by atoms with Crippen molar-refractivity contribution in [2.24, 2.45) is 11.3 Å². The molecule has 1 aliphatic carbocycles. The maximum atomic E-state index is 6.02. The van der Waals surface area contributed by atoms with Crippen LogP contribution >= 0.6 is 0 Å². The molecule has 2 aliphatic heterocycles. The van der Waals surface area contributed by atoms with Crippen molar-refractivity contribution in [3.05, 3.63) is 29.8 Å². The van der Waals surface area contributed by atoms with Crippen LogP contribution in [0.3, 0.4) is 0 Å². The Morgan fingerprint density at radius 3 is 2.40 bits per heavy atom. The molecule has 1 aromatic carbocycles. The van der Waals surface area contributed by atoms with Gasteiger partial charge in [0, 0.05) is 31.4 Å². The molecule has 0 aromatic heterocycles. The molecular formula is C27H44N2O. The molecule has 3 heteroatoms. The van der Waals surface area contributed by atoms with Crippen molar-refractivity contribution in [1.82, 2.24) is 4.90 Å². The lowest BCUT2D eigenvalue weighted by Crippen LogP contribution is -2.41. The fourth-order valence-corrected chi connectivity index (χ4v) is 6.15. The number of nitrogens with one attached hydrogen (secondary N) is 1. The van der Waals surface area contributed by atoms with Gasteiger partial charge in [0.15, 0.2) is 0 Å². The second-order valence-electron chi connectivity index (χ2n) is 10.7. The predicted octanol–water partition coefficient (Wildman–Crippen LogP) is 6.42. The van der Waals surface area contributed by atoms with Crippen LogP contribution < -0.4 is 5.32 Å². The molecule has 2 heterocycles. The molecule has 1 N–H and O–H groups in total. The highest BCUT2D eigenvalue weighted by Gasteiger charge is 2.36. The van der Waals surface area contributed by atoms with Crippen LogP contribution in [-0.4, -0.2) is 43.3 Å². The van der Waals surface area contributed by atoms with E-state index in [1.165, 1.54) is 102 Å². The quantitative estimate of drug-likeness (QED) is 0.559. The van der Waals surface area contributed by atoms with Crippen molar-refractivity contribution in [3.8, 4) is 0 Å². The zero-order valence-corrected chi connectivity index (χ0v) is 19.5. The fraction of sp³-hybridized carbons (Fsp3) is 0.778. The van der Waals surface area contributed by atoms with Gasteiger partial charge in [0.05, 0.1) is 6.10 Å². The fourth-order valence-electron chi connectivity index (χ4n) is 6.15. The first-order valence-electron chi connectivity index (χ1n) is 12.8. The van der Waals surface area contributed by atoms with Crippen LogP contribution in [0.4, 0.5) is 5.69 Å². The predicted molar refractivity (Wildman–Crippen MR) is 127 cm³/mol. The van der Waals surface area contributed by atoms with E-state index in [-0.39, 0.29) is 0 Å². The molecule has 1 saturated carbocycles. The molecule has 2 atom stereocenters. The third-order valence-corrected chi connectivity index (χ3v) is 8.20. The van der Waals surface area contributed by atoms with Gasteiger partial charge >= 0.3 is 0 Å². The number of anilines is 1. The molecule has 168 valence electrons. The Hall–Kier alpha value is -1.06. The van der Waals surface area contributed by atoms with Crippen LogP contribution in [0.5, 0.6) is 0 Å². The first kappa shape index (κ1) is 22.1. The summed E-state index contributed by atoms with van der Waals surface area (Å²) < 4.78 is 6.02. The zero-order valence-electron chi connectivity index (χ0n) is 19.5. The van der Waals surface area contributed by atoms with Crippen LogP contribution in [0.1, 0.15) is 83.1 Å². The van der Waals surface area contributed by atoms with Crippen molar-refractivity contribution in [2.45, 2.75) is 96.6 Å². The lowest BCUT2D eigenvalue weighted by atomic mass is 9.66. The average Bonchev–Trinajstić information content (AvgIpc) is 2.77. The standard InChI is InChI=1S/C27H44N2O/c1-22-6-10-25(11-7-22)28-26-12-17-29(18-13-26)19-16-27(14-4-3-5-15-27)20-24-9-8-23(2)30-21-24/h6-7,10-11,23-24,26,28H,3-5,8-9,12-21H2,1-2H3. The Labute approximate surface area is 185 Å². The summed E-state index contributed by atoms with van der Waals surface area (Å²) in [5, 5.41) is 3.76. The molecule has 2 saturated heterocycles. The van der Waals surface area contributed by atoms with Crippen molar-refractivity contribution in [2.75, 3.05) is 31.6 Å². The van der Waals surface area contributed by atoms with E-state index in [1.54, 1.807) is 0 Å². The minimum Gasteiger partial charge on any atom is -0.382 e. The van der Waals surface area contributed by atoms with E-state index in [9.17, 15) is 0 Å². The van der Waals surface area contributed by atoms with Crippen molar-refractivity contribution < 1.29 is 4.74 Å². The summed E-state index contributed by atoms with van der Waals surface area (Å²) >= 11 is 0. The molecule has 2 unspecified atom stereocenters. The van der Waals surface area contributed by atoms with Gasteiger partial charge in [0.25, 0.3) is 0 Å². The minimum atomic E-state index is 0.485. The molecule has 30 heavy (non-hydrogen) atoms. The molecule has 0 spiro atoms. The largest absolute Gasteiger partial charge is 0.382 e. The van der Waals surface area contributed by atoms with Gasteiger partial charge in [-0.2, -0.15) is 0 Å². The minimum absolute atomic E-state index is 0.485. The summed E-state index contributed by atoms with van der Waals surface area (Å²) in [5.74, 6) is 0.809. The van der Waals surface area contributed by atoms with Gasteiger partial charge in [-0.05, 0) is 95.2 Å². The molecule has 0 radical (unpaired) electrons. The number of benzene rings is 1. The van der Waals surface area contributed by atoms with Crippen LogP contribution in [0.15, 0.2) is 24.3 Å². The van der Waals surface area contributed by atoms with Gasteiger partial charge in [0.1, 0.15) is 0 Å². The summed E-state index contributed by atoms with van der Waals surface area (Å²) in [6.07, 6.45) is 15.8. The summed E-state index contributed by atoms with van der Waals surface area (Å²) in [6.45, 7) is 9.22. The Morgan fingerprint density at radius 1 is 1.00 bits per heavy atom. The number of rotatable bonds is 7. The normalized spacial score (nSPS) is 28.3. The summed E-state index contributed by atoms with van der Waals surface area (Å²) in [5.41, 5.74) is 3.22. The smallest absolute Gasteiger partial charge is 0.0547 e. The summed E-state index contributed by atoms with van der Waals surface area (Å²) in [4.78, 5) is 2.75. The Morgan fingerprint density at radius 2 is 1.73 bits per heavy atom. The van der Waals surface area contributed by atoms with Crippen LogP contribution in [0, 0.1) is 18.3 Å². The Balaban J connectivity index is 1.23. The van der Waals surface area contributed by atoms with E-state index >= 15 is 0 Å². The van der Waals surface area contributed by atoms with Gasteiger partial charge < -0.3 is 15.0 Å². The highest BCUT2D eigenvalue weighted by Crippen LogP contribution is 2.46. The van der Waals surface area contributed by atoms with Crippen molar-refractivity contribution >= 4 is 5.69 Å². The summed E-state index contributed by atoms with van der Waals surface area (Å²) in [7, 11) is 0. The van der Waals surface area contributed by atoms with E-state index in [2.05, 4.69) is 48.3 Å². The van der Waals surface area contributed by atoms with E-state index in [0.717, 1.165) is 12.5 Å². The third-order valence-electron chi connectivity index (χ3n) is 8.20. The average molecular weight is 413 g/mol. The molecular weight excluding hydrogens is 368 g/mol. The first-order valence-corrected chi connectivity index (χ1v) is 12.8. The molecule has 3 aliphatic rings. The van der Waals surface area contributed by atoms with Crippen LogP contribution in [-0.2, 0) is 4.74 Å². The lowest BCUT2D eigenvalue weighted by molar-refractivity contribution is -0.0268. The molecule has 0 amide bonds. The number of ether oxygens (including phenoxy) is 1. The van der Waals surface area contributed by atoms with E-state index in [0.29, 0.717) is 17.6 Å². The van der Waals surface area contributed by atoms with Gasteiger partial charge in [-0.25, -0.2) is 0 Å². The maximum Gasteiger partial charge on any atom is 0.0547 e. The molecule has 3 nitrogen and oxygen atoms in total. The van der Waals surface area contributed by atoms with Gasteiger partial charge in [-0.3, -0.25) is 0 Å². The molecule has 0 bridgehead atoms. The van der Waals surface area contributed by atoms with Crippen LogP contribution in [0.25, 0.3) is 0 Å². The van der Waals surface area contributed by atoms with Gasteiger partial charge in [0.2, 0.25) is 0 Å². The van der Waals surface area contributed by atoms with Gasteiger partial charge in [-0.15, -0.1) is 0 Å². The SMILES string of the molecule is Cc1ccc(NC2CCN(CCC3(CC4CCC(C)OC4)CCCCC3)CC2)cc1. The van der Waals surface area contributed by atoms with Gasteiger partial charge in [-0.1, -0.05) is 37.0 Å². The van der Waals surface area contributed by atoms with E-state index in [4.69, 9.17) is 4.74 Å². The number of likely N-dealkylation sites (tertiary alicyclic amines) is 1. The van der Waals surface area contributed by atoms with Crippen molar-refractivity contribution in [1.29, 1.82) is 0 Å². The maximum absolute atomic E-state index is 6.02. The zero-order chi connectivity index (χ0) is 20.8.